The molecular weight excluding hydrogens is 420 g/mol. The third kappa shape index (κ3) is 4.68. The molecule has 1 aliphatic heterocycles. The summed E-state index contributed by atoms with van der Waals surface area (Å²) < 4.78 is 65.8. The van der Waals surface area contributed by atoms with E-state index in [1.54, 1.807) is 24.3 Å². The predicted molar refractivity (Wildman–Crippen MR) is 103 cm³/mol. The van der Waals surface area contributed by atoms with Crippen molar-refractivity contribution in [3.05, 3.63) is 60.7 Å². The fourth-order valence-electron chi connectivity index (χ4n) is 2.96. The van der Waals surface area contributed by atoms with Crippen molar-refractivity contribution in [3.8, 4) is 0 Å². The molecule has 0 radical (unpaired) electrons. The molecule has 1 saturated heterocycles. The lowest BCUT2D eigenvalue weighted by Gasteiger charge is -2.28. The lowest BCUT2D eigenvalue weighted by atomic mass is 9.94. The molecule has 1 aliphatic rings. The average Bonchev–Trinajstić information content (AvgIpc) is 2.90. The first-order valence-corrected chi connectivity index (χ1v) is 11.7. The van der Waals surface area contributed by atoms with Crippen molar-refractivity contribution in [1.29, 1.82) is 0 Å². The normalized spacial score (nSPS) is 27.8. The maximum atomic E-state index is 12.6. The second-order valence-electron chi connectivity index (χ2n) is 6.88. The van der Waals surface area contributed by atoms with E-state index in [4.69, 9.17) is 13.1 Å². The van der Waals surface area contributed by atoms with E-state index in [0.717, 1.165) is 0 Å². The van der Waals surface area contributed by atoms with Gasteiger partial charge in [-0.1, -0.05) is 36.4 Å². The van der Waals surface area contributed by atoms with Crippen molar-refractivity contribution in [2.24, 2.45) is 0 Å². The van der Waals surface area contributed by atoms with Crippen LogP contribution in [0.4, 0.5) is 0 Å². The van der Waals surface area contributed by atoms with Gasteiger partial charge in [-0.3, -0.25) is 8.37 Å². The first-order chi connectivity index (χ1) is 13.5. The summed E-state index contributed by atoms with van der Waals surface area (Å²) in [7, 11) is -8.31. The van der Waals surface area contributed by atoms with Crippen molar-refractivity contribution in [1.82, 2.24) is 0 Å². The van der Waals surface area contributed by atoms with Crippen molar-refractivity contribution < 1.29 is 35.0 Å². The smallest absolute Gasteiger partial charge is 0.297 e. The van der Waals surface area contributed by atoms with E-state index in [-0.39, 0.29) is 9.79 Å². The van der Waals surface area contributed by atoms with Crippen LogP contribution in [0.3, 0.4) is 0 Å². The molecule has 0 bridgehead atoms. The molecule has 10 heteroatoms. The van der Waals surface area contributed by atoms with Gasteiger partial charge in [0.15, 0.2) is 0 Å². The lowest BCUT2D eigenvalue weighted by molar-refractivity contribution is -0.0474. The fraction of sp³-hybridized carbons (Fsp3) is 0.368. The Labute approximate surface area is 170 Å². The molecule has 0 aromatic heterocycles. The lowest BCUT2D eigenvalue weighted by Crippen LogP contribution is -2.48. The van der Waals surface area contributed by atoms with E-state index in [9.17, 15) is 21.9 Å². The molecule has 1 fully saturated rings. The highest BCUT2D eigenvalue weighted by atomic mass is 32.2. The molecular formula is C19H22O8S2. The Balaban J connectivity index is 1.81. The molecule has 158 valence electrons. The van der Waals surface area contributed by atoms with Gasteiger partial charge < -0.3 is 9.84 Å². The Morgan fingerprint density at radius 3 is 1.93 bits per heavy atom. The molecule has 2 aromatic carbocycles. The summed E-state index contributed by atoms with van der Waals surface area (Å²) in [5.74, 6) is 0. The van der Waals surface area contributed by atoms with Crippen molar-refractivity contribution in [2.45, 2.75) is 47.6 Å². The van der Waals surface area contributed by atoms with Crippen LogP contribution < -0.4 is 0 Å². The van der Waals surface area contributed by atoms with Crippen LogP contribution in [0.15, 0.2) is 70.5 Å². The number of aliphatic hydroxyl groups is 1. The highest BCUT2D eigenvalue weighted by Gasteiger charge is 2.54. The van der Waals surface area contributed by atoms with Gasteiger partial charge in [-0.15, -0.1) is 0 Å². The molecule has 8 nitrogen and oxygen atoms in total. The van der Waals surface area contributed by atoms with E-state index < -0.39 is 50.8 Å². The molecule has 0 aliphatic carbocycles. The number of hydrogen-bond donors (Lipinski definition) is 1. The van der Waals surface area contributed by atoms with Crippen LogP contribution in [0.2, 0.25) is 0 Å². The summed E-state index contributed by atoms with van der Waals surface area (Å²) in [6, 6.07) is 14.9. The molecule has 0 spiro atoms. The number of ether oxygens (including phenoxy) is 1. The van der Waals surface area contributed by atoms with Gasteiger partial charge in [0.25, 0.3) is 20.2 Å². The predicted octanol–water partition coefficient (Wildman–Crippen LogP) is 1.70. The van der Waals surface area contributed by atoms with E-state index in [0.29, 0.717) is 0 Å². The summed E-state index contributed by atoms with van der Waals surface area (Å²) in [6.45, 7) is 2.39. The van der Waals surface area contributed by atoms with Crippen LogP contribution >= 0.6 is 0 Å². The zero-order valence-corrected chi connectivity index (χ0v) is 17.5. The summed E-state index contributed by atoms with van der Waals surface area (Å²) in [6.07, 6.45) is -3.31. The molecule has 2 aromatic rings. The Morgan fingerprint density at radius 1 is 0.931 bits per heavy atom. The molecule has 3 rings (SSSR count). The third-order valence-corrected chi connectivity index (χ3v) is 7.40. The minimum absolute atomic E-state index is 0.0489. The van der Waals surface area contributed by atoms with E-state index >= 15 is 0 Å². The molecule has 0 saturated carbocycles. The van der Waals surface area contributed by atoms with Gasteiger partial charge in [0.2, 0.25) is 0 Å². The van der Waals surface area contributed by atoms with Crippen LogP contribution in [0, 0.1) is 0 Å². The van der Waals surface area contributed by atoms with Crippen LogP contribution in [0.25, 0.3) is 0 Å². The van der Waals surface area contributed by atoms with E-state index in [1.807, 2.05) is 0 Å². The number of hydrogen-bond acceptors (Lipinski definition) is 8. The first-order valence-electron chi connectivity index (χ1n) is 8.85. The number of benzene rings is 2. The van der Waals surface area contributed by atoms with Gasteiger partial charge in [-0.25, -0.2) is 0 Å². The van der Waals surface area contributed by atoms with Crippen molar-refractivity contribution >= 4 is 20.2 Å². The standard InChI is InChI=1S/C19H22O8S2/c1-14-19(2,20)18(27-29(23,24)16-11-7-4-8-12-16)17(26-14)13-25-28(21,22)15-9-5-3-6-10-15/h3-12,14,17-18,20H,13H2,1-2H3/t14-,17+,18+,19+/m0/s1. The third-order valence-electron chi connectivity index (χ3n) is 4.80. The fourth-order valence-corrected chi connectivity index (χ4v) is 5.09. The topological polar surface area (TPSA) is 116 Å². The molecule has 29 heavy (non-hydrogen) atoms. The minimum atomic E-state index is -4.22. The minimum Gasteiger partial charge on any atom is -0.385 e. The maximum absolute atomic E-state index is 12.6. The Bertz CT molecular complexity index is 1030. The van der Waals surface area contributed by atoms with Gasteiger partial charge in [-0.05, 0) is 38.1 Å². The van der Waals surface area contributed by atoms with Crippen LogP contribution in [-0.2, 0) is 33.3 Å². The van der Waals surface area contributed by atoms with Crippen molar-refractivity contribution in [2.75, 3.05) is 6.61 Å². The van der Waals surface area contributed by atoms with E-state index in [1.165, 1.54) is 50.2 Å². The maximum Gasteiger partial charge on any atom is 0.297 e. The van der Waals surface area contributed by atoms with Crippen LogP contribution in [-0.4, -0.2) is 52.5 Å². The molecule has 4 atom stereocenters. The second kappa shape index (κ2) is 8.13. The Morgan fingerprint density at radius 2 is 1.41 bits per heavy atom. The molecule has 1 N–H and O–H groups in total. The highest BCUT2D eigenvalue weighted by Crippen LogP contribution is 2.35. The van der Waals surface area contributed by atoms with Crippen LogP contribution in [0.5, 0.6) is 0 Å². The summed E-state index contributed by atoms with van der Waals surface area (Å²) in [5, 5.41) is 10.7. The quantitative estimate of drug-likeness (QED) is 0.644. The molecule has 1 heterocycles. The number of rotatable bonds is 7. The zero-order chi connectivity index (χ0) is 21.3. The summed E-state index contributed by atoms with van der Waals surface area (Å²) >= 11 is 0. The highest BCUT2D eigenvalue weighted by molar-refractivity contribution is 7.87. The average molecular weight is 443 g/mol. The van der Waals surface area contributed by atoms with Gasteiger partial charge in [0.1, 0.15) is 17.8 Å². The van der Waals surface area contributed by atoms with Gasteiger partial charge in [0.05, 0.1) is 22.5 Å². The zero-order valence-electron chi connectivity index (χ0n) is 15.8. The first kappa shape index (κ1) is 21.9. The van der Waals surface area contributed by atoms with E-state index in [2.05, 4.69) is 0 Å². The Kier molecular flexibility index (Phi) is 6.13. The second-order valence-corrected chi connectivity index (χ2v) is 10.1. The monoisotopic (exact) mass is 442 g/mol. The van der Waals surface area contributed by atoms with Gasteiger partial charge in [-0.2, -0.15) is 16.8 Å². The summed E-state index contributed by atoms with van der Waals surface area (Å²) in [4.78, 5) is -0.140. The summed E-state index contributed by atoms with van der Waals surface area (Å²) in [5.41, 5.74) is -1.69. The van der Waals surface area contributed by atoms with Gasteiger partial charge in [0, 0.05) is 0 Å². The SMILES string of the molecule is C[C@@H]1O[C@H](COS(=O)(=O)c2ccccc2)[C@@H](OS(=O)(=O)c2ccccc2)[C@]1(C)O. The van der Waals surface area contributed by atoms with Crippen molar-refractivity contribution in [3.63, 3.8) is 0 Å². The largest absolute Gasteiger partial charge is 0.385 e. The Hall–Kier alpha value is -1.82. The molecule has 0 amide bonds. The van der Waals surface area contributed by atoms with Crippen LogP contribution in [0.1, 0.15) is 13.8 Å². The molecule has 0 unspecified atom stereocenters. The van der Waals surface area contributed by atoms with Gasteiger partial charge >= 0.3 is 0 Å².